The van der Waals surface area contributed by atoms with Gasteiger partial charge < -0.3 is 20.3 Å². The van der Waals surface area contributed by atoms with Crippen molar-refractivity contribution in [1.29, 1.82) is 0 Å². The van der Waals surface area contributed by atoms with Crippen molar-refractivity contribution < 1.29 is 19.7 Å². The maximum absolute atomic E-state index is 13.3. The van der Waals surface area contributed by atoms with Crippen LogP contribution in [0.2, 0.25) is 10.0 Å². The number of phenols is 1. The maximum Gasteiger partial charge on any atom is 0.321 e. The van der Waals surface area contributed by atoms with E-state index in [1.165, 1.54) is 4.90 Å². The largest absolute Gasteiger partial charge is 0.504 e. The van der Waals surface area contributed by atoms with E-state index in [1.54, 1.807) is 31.3 Å². The minimum absolute atomic E-state index is 0.0739. The van der Waals surface area contributed by atoms with Crippen LogP contribution in [0.25, 0.3) is 0 Å². The summed E-state index contributed by atoms with van der Waals surface area (Å²) < 4.78 is 6.48. The number of aromatic hydroxyl groups is 1. The molecule has 2 aliphatic carbocycles. The molecule has 0 radical (unpaired) electrons. The van der Waals surface area contributed by atoms with Crippen LogP contribution in [0.5, 0.6) is 11.5 Å². The number of piperidine rings is 1. The van der Waals surface area contributed by atoms with Crippen molar-refractivity contribution in [3.63, 3.8) is 0 Å². The number of urea groups is 1. The highest BCUT2D eigenvalue weighted by Crippen LogP contribution is 2.65. The molecule has 9 heteroatoms. The van der Waals surface area contributed by atoms with Crippen LogP contribution in [0.15, 0.2) is 43.0 Å². The second kappa shape index (κ2) is 8.28. The molecule has 36 heavy (non-hydrogen) atoms. The van der Waals surface area contributed by atoms with Gasteiger partial charge in [0.15, 0.2) is 11.5 Å². The molecule has 2 fully saturated rings. The third kappa shape index (κ3) is 3.09. The second-order valence-corrected chi connectivity index (χ2v) is 11.2. The highest BCUT2D eigenvalue weighted by molar-refractivity contribution is 6.42. The predicted octanol–water partition coefficient (Wildman–Crippen LogP) is 4.25. The molecule has 2 aromatic carbocycles. The van der Waals surface area contributed by atoms with Gasteiger partial charge >= 0.3 is 6.03 Å². The predicted molar refractivity (Wildman–Crippen MR) is 139 cm³/mol. The van der Waals surface area contributed by atoms with Gasteiger partial charge in [0.25, 0.3) is 0 Å². The van der Waals surface area contributed by atoms with Gasteiger partial charge in [0, 0.05) is 30.9 Å². The van der Waals surface area contributed by atoms with Crippen LogP contribution in [0, 0.1) is 0 Å². The van der Waals surface area contributed by atoms with Crippen LogP contribution in [0.3, 0.4) is 0 Å². The van der Waals surface area contributed by atoms with Gasteiger partial charge in [-0.3, -0.25) is 9.80 Å². The summed E-state index contributed by atoms with van der Waals surface area (Å²) in [5.41, 5.74) is 0.866. The van der Waals surface area contributed by atoms with E-state index in [4.69, 9.17) is 27.9 Å². The lowest BCUT2D eigenvalue weighted by molar-refractivity contribution is -0.188. The summed E-state index contributed by atoms with van der Waals surface area (Å²) in [4.78, 5) is 17.1. The molecule has 4 aliphatic rings. The molecular weight excluding hydrogens is 501 g/mol. The zero-order chi connectivity index (χ0) is 25.4. The zero-order valence-corrected chi connectivity index (χ0v) is 21.5. The highest BCUT2D eigenvalue weighted by Gasteiger charge is 2.73. The summed E-state index contributed by atoms with van der Waals surface area (Å²) >= 11 is 12.2. The van der Waals surface area contributed by atoms with Gasteiger partial charge in [-0.15, -0.1) is 6.58 Å². The van der Waals surface area contributed by atoms with E-state index in [-0.39, 0.29) is 23.9 Å². The van der Waals surface area contributed by atoms with Crippen molar-refractivity contribution in [3.8, 4) is 11.5 Å². The summed E-state index contributed by atoms with van der Waals surface area (Å²) in [6, 6.07) is 7.91. The Balaban J connectivity index is 1.37. The maximum atomic E-state index is 13.3. The zero-order valence-electron chi connectivity index (χ0n) is 20.0. The Bertz CT molecular complexity index is 1270. The summed E-state index contributed by atoms with van der Waals surface area (Å²) in [7, 11) is 1.67. The van der Waals surface area contributed by atoms with Gasteiger partial charge in [-0.2, -0.15) is 0 Å². The number of benzene rings is 2. The number of phenolic OH excluding ortho intramolecular Hbond substituents is 1. The first-order valence-corrected chi connectivity index (χ1v) is 13.1. The number of rotatable bonds is 4. The average molecular weight is 530 g/mol. The molecule has 1 saturated heterocycles. The fourth-order valence-electron chi connectivity index (χ4n) is 7.23. The Morgan fingerprint density at radius 3 is 2.86 bits per heavy atom. The first-order valence-electron chi connectivity index (χ1n) is 12.3. The lowest BCUT2D eigenvalue weighted by Crippen LogP contribution is -2.78. The molecule has 1 spiro atoms. The number of carbonyl (C=O) groups excluding carboxylic acids is 1. The monoisotopic (exact) mass is 529 g/mol. The Labute approximate surface area is 220 Å². The molecule has 0 aromatic heterocycles. The van der Waals surface area contributed by atoms with Gasteiger partial charge in [0.05, 0.1) is 27.1 Å². The second-order valence-electron chi connectivity index (χ2n) is 10.4. The van der Waals surface area contributed by atoms with Crippen molar-refractivity contribution in [2.75, 3.05) is 25.0 Å². The van der Waals surface area contributed by atoms with Gasteiger partial charge in [-0.25, -0.2) is 4.79 Å². The lowest BCUT2D eigenvalue weighted by Gasteiger charge is -2.64. The minimum Gasteiger partial charge on any atom is -0.504 e. The number of amides is 2. The molecule has 6 rings (SSSR count). The van der Waals surface area contributed by atoms with E-state index in [1.807, 2.05) is 12.1 Å². The number of aliphatic hydroxyl groups is 1. The minimum atomic E-state index is -1.04. The summed E-state index contributed by atoms with van der Waals surface area (Å²) in [5.74, 6) is 0.523. The normalized spacial score (nSPS) is 31.8. The molecule has 3 N–H and O–H groups in total. The number of nitrogens with zero attached hydrogens (tertiary/aromatic N) is 2. The number of halogens is 2. The summed E-state index contributed by atoms with van der Waals surface area (Å²) in [6.07, 6.45) is 3.79. The van der Waals surface area contributed by atoms with E-state index in [0.29, 0.717) is 53.7 Å². The Kier molecular flexibility index (Phi) is 5.50. The molecule has 5 atom stereocenters. The molecule has 1 saturated carbocycles. The van der Waals surface area contributed by atoms with Gasteiger partial charge in [-0.1, -0.05) is 35.3 Å². The lowest BCUT2D eigenvalue weighted by atomic mass is 9.48. The van der Waals surface area contributed by atoms with E-state index < -0.39 is 17.1 Å². The van der Waals surface area contributed by atoms with Crippen LogP contribution < -0.4 is 15.0 Å². The van der Waals surface area contributed by atoms with Crippen molar-refractivity contribution in [1.82, 2.24) is 10.2 Å². The fourth-order valence-corrected chi connectivity index (χ4v) is 7.52. The molecule has 190 valence electrons. The smallest absolute Gasteiger partial charge is 0.321 e. The number of nitrogens with one attached hydrogen (secondary N) is 1. The molecule has 2 aliphatic heterocycles. The number of anilines is 1. The molecule has 2 heterocycles. The van der Waals surface area contributed by atoms with E-state index in [2.05, 4.69) is 16.8 Å². The first kappa shape index (κ1) is 23.9. The Hall–Kier alpha value is -2.45. The topological polar surface area (TPSA) is 85.3 Å². The SMILES string of the molecule is C=CCN1CC[C@]23c4c5ccc(O)c4OC2C(NC(=O)N(C)c2ccc(Cl)c(Cl)c2)CC[C@@]3(O)[C@H]1C5. The Morgan fingerprint density at radius 1 is 1.31 bits per heavy atom. The van der Waals surface area contributed by atoms with E-state index in [9.17, 15) is 15.0 Å². The number of ether oxygens (including phenoxy) is 1. The number of likely N-dealkylation sites (tertiary alicyclic amines) is 1. The quantitative estimate of drug-likeness (QED) is 0.515. The van der Waals surface area contributed by atoms with Crippen molar-refractivity contribution in [3.05, 3.63) is 64.2 Å². The van der Waals surface area contributed by atoms with Crippen LogP contribution in [0.4, 0.5) is 10.5 Å². The van der Waals surface area contributed by atoms with Crippen LogP contribution in [-0.2, 0) is 11.8 Å². The van der Waals surface area contributed by atoms with Crippen molar-refractivity contribution in [2.24, 2.45) is 0 Å². The summed E-state index contributed by atoms with van der Waals surface area (Å²) in [6.45, 7) is 5.39. The third-order valence-corrected chi connectivity index (χ3v) is 9.58. The first-order chi connectivity index (χ1) is 17.2. The number of hydrogen-bond donors (Lipinski definition) is 3. The number of hydrogen-bond acceptors (Lipinski definition) is 5. The molecule has 2 aromatic rings. The van der Waals surface area contributed by atoms with Gasteiger partial charge in [0.1, 0.15) is 6.10 Å². The van der Waals surface area contributed by atoms with Gasteiger partial charge in [-0.05, 0) is 62.1 Å². The molecule has 2 unspecified atom stereocenters. The number of carbonyl (C=O) groups is 1. The van der Waals surface area contributed by atoms with E-state index >= 15 is 0 Å². The molecule has 2 bridgehead atoms. The molecule has 2 amide bonds. The fraction of sp³-hybridized carbons (Fsp3) is 0.444. The van der Waals surface area contributed by atoms with Gasteiger partial charge in [0.2, 0.25) is 0 Å². The third-order valence-electron chi connectivity index (χ3n) is 8.84. The van der Waals surface area contributed by atoms with Crippen molar-refractivity contribution in [2.45, 2.75) is 54.9 Å². The van der Waals surface area contributed by atoms with Crippen LogP contribution in [-0.4, -0.2) is 65.1 Å². The van der Waals surface area contributed by atoms with Crippen LogP contribution >= 0.6 is 23.2 Å². The summed E-state index contributed by atoms with van der Waals surface area (Å²) in [5, 5.41) is 27.1. The highest BCUT2D eigenvalue weighted by atomic mass is 35.5. The Morgan fingerprint density at radius 2 is 2.11 bits per heavy atom. The van der Waals surface area contributed by atoms with Crippen molar-refractivity contribution >= 4 is 34.9 Å². The average Bonchev–Trinajstić information content (AvgIpc) is 3.21. The molecular formula is C27H29Cl2N3O4. The van der Waals surface area contributed by atoms with E-state index in [0.717, 1.165) is 17.7 Å². The molecule has 7 nitrogen and oxygen atoms in total. The van der Waals surface area contributed by atoms with Crippen LogP contribution in [0.1, 0.15) is 30.4 Å². The standard InChI is InChI=1S/C27H29Cl2N3O4/c1-3-11-32-12-10-26-22-15-4-7-20(33)23(22)36-24(26)19(8-9-27(26,35)21(32)13-15)30-25(34)31(2)16-5-6-17(28)18(29)14-16/h3-7,14,19,21,24,33,35H,1,8-13H2,2H3,(H,30,34)/t19?,21-,24?,26+,27-/m1/s1.